The van der Waals surface area contributed by atoms with Crippen LogP contribution in [0.1, 0.15) is 16.6 Å². The Kier molecular flexibility index (Phi) is 4.74. The van der Waals surface area contributed by atoms with Gasteiger partial charge in [0.15, 0.2) is 4.34 Å². The second-order valence-electron chi connectivity index (χ2n) is 4.68. The summed E-state index contributed by atoms with van der Waals surface area (Å²) in [5.74, 6) is 0.650. The molecule has 1 saturated heterocycles. The van der Waals surface area contributed by atoms with Crippen LogP contribution >= 0.6 is 34.4 Å². The highest BCUT2D eigenvalue weighted by Crippen LogP contribution is 2.27. The fourth-order valence-corrected chi connectivity index (χ4v) is 4.36. The van der Waals surface area contributed by atoms with Crippen molar-refractivity contribution in [1.82, 2.24) is 15.1 Å². The summed E-state index contributed by atoms with van der Waals surface area (Å²) in [5.41, 5.74) is 0. The monoisotopic (exact) mass is 354 g/mol. The summed E-state index contributed by atoms with van der Waals surface area (Å²) in [6.45, 7) is 2.95. The summed E-state index contributed by atoms with van der Waals surface area (Å²) < 4.78 is 0.848. The summed E-state index contributed by atoms with van der Waals surface area (Å²) in [5, 5.41) is 13.1. The predicted octanol–water partition coefficient (Wildman–Crippen LogP) is 2.42. The topological polar surface area (TPSA) is 75.2 Å². The minimum atomic E-state index is -0.171. The fraction of sp³-hybridized carbons (Fsp3) is 0.385. The van der Waals surface area contributed by atoms with Crippen LogP contribution in [0.2, 0.25) is 0 Å². The van der Waals surface area contributed by atoms with E-state index in [1.807, 2.05) is 18.4 Å². The Morgan fingerprint density at radius 1 is 1.45 bits per heavy atom. The van der Waals surface area contributed by atoms with Gasteiger partial charge in [0, 0.05) is 13.1 Å². The predicted molar refractivity (Wildman–Crippen MR) is 88.6 cm³/mol. The van der Waals surface area contributed by atoms with E-state index >= 15 is 0 Å². The molecule has 9 heteroatoms. The largest absolute Gasteiger partial charge is 0.336 e. The quantitative estimate of drug-likeness (QED) is 0.659. The third-order valence-corrected chi connectivity index (χ3v) is 5.89. The lowest BCUT2D eigenvalue weighted by atomic mass is 9.99. The maximum atomic E-state index is 12.1. The number of thioether (sulfide) groups is 1. The van der Waals surface area contributed by atoms with Crippen molar-refractivity contribution < 1.29 is 9.59 Å². The van der Waals surface area contributed by atoms with E-state index in [1.165, 1.54) is 22.7 Å². The molecule has 0 atom stereocenters. The lowest BCUT2D eigenvalue weighted by Gasteiger charge is -2.37. The molecule has 0 aromatic carbocycles. The normalized spacial score (nSPS) is 14.7. The minimum absolute atomic E-state index is 0.00315. The first-order valence-corrected chi connectivity index (χ1v) is 9.45. The van der Waals surface area contributed by atoms with Gasteiger partial charge in [0.25, 0.3) is 5.91 Å². The van der Waals surface area contributed by atoms with E-state index in [4.69, 9.17) is 0 Å². The lowest BCUT2D eigenvalue weighted by molar-refractivity contribution is -0.123. The van der Waals surface area contributed by atoms with Crippen LogP contribution in [0.15, 0.2) is 21.9 Å². The fourth-order valence-electron chi connectivity index (χ4n) is 2.02. The molecule has 3 heterocycles. The number of thiophene rings is 1. The van der Waals surface area contributed by atoms with Crippen molar-refractivity contribution in [1.29, 1.82) is 0 Å². The van der Waals surface area contributed by atoms with Crippen LogP contribution in [0, 0.1) is 5.92 Å². The van der Waals surface area contributed by atoms with Crippen molar-refractivity contribution in [2.75, 3.05) is 24.2 Å². The van der Waals surface area contributed by atoms with E-state index in [0.717, 1.165) is 10.1 Å². The van der Waals surface area contributed by atoms with Crippen LogP contribution in [-0.4, -0.2) is 45.8 Å². The number of rotatable bonds is 5. The van der Waals surface area contributed by atoms with Gasteiger partial charge in [0.05, 0.1) is 10.8 Å². The van der Waals surface area contributed by atoms with Gasteiger partial charge in [-0.2, -0.15) is 0 Å². The van der Waals surface area contributed by atoms with Crippen molar-refractivity contribution in [2.24, 2.45) is 5.92 Å². The average Bonchev–Trinajstić information content (AvgIpc) is 3.09. The Morgan fingerprint density at radius 2 is 2.27 bits per heavy atom. The molecule has 1 aliphatic rings. The van der Waals surface area contributed by atoms with E-state index in [9.17, 15) is 9.59 Å². The van der Waals surface area contributed by atoms with Crippen LogP contribution in [0.4, 0.5) is 5.13 Å². The molecular formula is C13H14N4O2S3. The van der Waals surface area contributed by atoms with Gasteiger partial charge in [-0.3, -0.25) is 9.59 Å². The SMILES string of the molecule is CCSc1nnc(NC(=O)C2CN(C(=O)c3cccs3)C2)s1. The number of likely N-dealkylation sites (tertiary alicyclic amines) is 1. The number of carbonyl (C=O) groups is 2. The van der Waals surface area contributed by atoms with Crippen molar-refractivity contribution >= 4 is 51.4 Å². The lowest BCUT2D eigenvalue weighted by Crippen LogP contribution is -2.54. The van der Waals surface area contributed by atoms with Crippen molar-refractivity contribution in [2.45, 2.75) is 11.3 Å². The van der Waals surface area contributed by atoms with E-state index in [0.29, 0.717) is 23.1 Å². The summed E-state index contributed by atoms with van der Waals surface area (Å²) in [4.78, 5) is 26.6. The number of hydrogen-bond acceptors (Lipinski definition) is 7. The highest BCUT2D eigenvalue weighted by atomic mass is 32.2. The van der Waals surface area contributed by atoms with Gasteiger partial charge in [0.2, 0.25) is 11.0 Å². The van der Waals surface area contributed by atoms with Crippen LogP contribution in [0.3, 0.4) is 0 Å². The van der Waals surface area contributed by atoms with Crippen molar-refractivity contribution in [3.63, 3.8) is 0 Å². The zero-order valence-corrected chi connectivity index (χ0v) is 14.3. The first-order valence-electron chi connectivity index (χ1n) is 6.77. The van der Waals surface area contributed by atoms with Crippen LogP contribution in [0.25, 0.3) is 0 Å². The van der Waals surface area contributed by atoms with Crippen LogP contribution in [0.5, 0.6) is 0 Å². The van der Waals surface area contributed by atoms with Crippen molar-refractivity contribution in [3.8, 4) is 0 Å². The molecule has 0 saturated carbocycles. The summed E-state index contributed by atoms with van der Waals surface area (Å²) in [7, 11) is 0. The zero-order valence-electron chi connectivity index (χ0n) is 11.8. The van der Waals surface area contributed by atoms with E-state index < -0.39 is 0 Å². The number of carbonyl (C=O) groups excluding carboxylic acids is 2. The summed E-state index contributed by atoms with van der Waals surface area (Å²) in [6, 6.07) is 3.65. The number of nitrogens with zero attached hydrogens (tertiary/aromatic N) is 3. The van der Waals surface area contributed by atoms with Gasteiger partial charge in [-0.1, -0.05) is 36.1 Å². The molecule has 0 spiro atoms. The van der Waals surface area contributed by atoms with Gasteiger partial charge in [0.1, 0.15) is 0 Å². The highest BCUT2D eigenvalue weighted by Gasteiger charge is 2.36. The van der Waals surface area contributed by atoms with Gasteiger partial charge >= 0.3 is 0 Å². The molecule has 2 aromatic rings. The Hall–Kier alpha value is -1.45. The number of amides is 2. The smallest absolute Gasteiger partial charge is 0.263 e. The molecular weight excluding hydrogens is 340 g/mol. The van der Waals surface area contributed by atoms with Crippen LogP contribution < -0.4 is 5.32 Å². The maximum absolute atomic E-state index is 12.1. The molecule has 22 heavy (non-hydrogen) atoms. The minimum Gasteiger partial charge on any atom is -0.336 e. The maximum Gasteiger partial charge on any atom is 0.263 e. The molecule has 2 amide bonds. The van der Waals surface area contributed by atoms with Crippen LogP contribution in [-0.2, 0) is 4.79 Å². The van der Waals surface area contributed by atoms with Gasteiger partial charge < -0.3 is 10.2 Å². The highest BCUT2D eigenvalue weighted by molar-refractivity contribution is 8.01. The molecule has 0 bridgehead atoms. The van der Waals surface area contributed by atoms with Crippen molar-refractivity contribution in [3.05, 3.63) is 22.4 Å². The molecule has 116 valence electrons. The van der Waals surface area contributed by atoms with E-state index in [-0.39, 0.29) is 17.7 Å². The second kappa shape index (κ2) is 6.76. The van der Waals surface area contributed by atoms with Gasteiger partial charge in [-0.05, 0) is 17.2 Å². The molecule has 1 N–H and O–H groups in total. The average molecular weight is 354 g/mol. The number of nitrogens with one attached hydrogen (secondary N) is 1. The molecule has 6 nitrogen and oxygen atoms in total. The third-order valence-electron chi connectivity index (χ3n) is 3.18. The van der Waals surface area contributed by atoms with E-state index in [1.54, 1.807) is 22.7 Å². The summed E-state index contributed by atoms with van der Waals surface area (Å²) in [6.07, 6.45) is 0. The molecule has 0 radical (unpaired) electrons. The van der Waals surface area contributed by atoms with Gasteiger partial charge in [-0.25, -0.2) is 0 Å². The molecule has 0 unspecified atom stereocenters. The second-order valence-corrected chi connectivity index (χ2v) is 8.12. The molecule has 3 rings (SSSR count). The number of anilines is 1. The standard InChI is InChI=1S/C13H14N4O2S3/c1-2-20-13-16-15-12(22-13)14-10(18)8-6-17(7-8)11(19)9-4-3-5-21-9/h3-5,8H,2,6-7H2,1H3,(H,14,15,18). The van der Waals surface area contributed by atoms with Gasteiger partial charge in [-0.15, -0.1) is 21.5 Å². The Morgan fingerprint density at radius 3 is 2.95 bits per heavy atom. The molecule has 0 aliphatic carbocycles. The van der Waals surface area contributed by atoms with E-state index in [2.05, 4.69) is 15.5 Å². The third kappa shape index (κ3) is 3.31. The molecule has 2 aromatic heterocycles. The molecule has 1 fully saturated rings. The number of hydrogen-bond donors (Lipinski definition) is 1. The Balaban J connectivity index is 1.49. The Bertz CT molecular complexity index is 665. The summed E-state index contributed by atoms with van der Waals surface area (Å²) >= 11 is 4.39. The molecule has 1 aliphatic heterocycles. The first kappa shape index (κ1) is 15.4. The first-order chi connectivity index (χ1) is 10.7. The zero-order chi connectivity index (χ0) is 15.5. The Labute approximate surface area is 139 Å². The number of aromatic nitrogens is 2.